The molecule has 1 aliphatic rings. The summed E-state index contributed by atoms with van der Waals surface area (Å²) in [6, 6.07) is 6.55. The molecule has 1 aliphatic heterocycles. The Morgan fingerprint density at radius 3 is 2.50 bits per heavy atom. The second-order valence-electron chi connectivity index (χ2n) is 5.26. The molecular weight excluding hydrogens is 246 g/mol. The van der Waals surface area contributed by atoms with Crippen LogP contribution < -0.4 is 10.1 Å². The standard InChI is InChI=1S/C15H23NO.ClH/c1-11(2)14-5-4-12(3)10-15(14)17-13-6-8-16-9-7-13;/h4-5,10-11,13,16H,6-9H2,1-3H3;1H. The highest BCUT2D eigenvalue weighted by atomic mass is 35.5. The number of ether oxygens (including phenoxy) is 1. The Hall–Kier alpha value is -0.730. The summed E-state index contributed by atoms with van der Waals surface area (Å²) in [6.07, 6.45) is 2.62. The first-order valence-electron chi connectivity index (χ1n) is 6.64. The first-order valence-corrected chi connectivity index (χ1v) is 6.64. The minimum atomic E-state index is 0. The third kappa shape index (κ3) is 3.89. The molecule has 102 valence electrons. The van der Waals surface area contributed by atoms with E-state index in [2.05, 4.69) is 44.3 Å². The maximum absolute atomic E-state index is 6.19. The Morgan fingerprint density at radius 1 is 1.22 bits per heavy atom. The summed E-state index contributed by atoms with van der Waals surface area (Å²) in [5.41, 5.74) is 2.60. The molecule has 0 bridgehead atoms. The SMILES string of the molecule is Cc1ccc(C(C)C)c(OC2CCNCC2)c1.Cl. The van der Waals surface area contributed by atoms with Gasteiger partial charge in [-0.1, -0.05) is 26.0 Å². The lowest BCUT2D eigenvalue weighted by molar-refractivity contribution is 0.160. The first-order chi connectivity index (χ1) is 8.16. The van der Waals surface area contributed by atoms with Crippen molar-refractivity contribution in [3.63, 3.8) is 0 Å². The lowest BCUT2D eigenvalue weighted by Gasteiger charge is -2.26. The van der Waals surface area contributed by atoms with E-state index in [4.69, 9.17) is 4.74 Å². The predicted octanol–water partition coefficient (Wildman–Crippen LogP) is 3.67. The van der Waals surface area contributed by atoms with Crippen molar-refractivity contribution in [2.24, 2.45) is 0 Å². The molecule has 1 saturated heterocycles. The Morgan fingerprint density at radius 2 is 1.89 bits per heavy atom. The van der Waals surface area contributed by atoms with E-state index in [1.807, 2.05) is 0 Å². The third-order valence-corrected chi connectivity index (χ3v) is 3.37. The van der Waals surface area contributed by atoms with Gasteiger partial charge in [-0.05, 0) is 56.0 Å². The van der Waals surface area contributed by atoms with E-state index in [0.29, 0.717) is 12.0 Å². The summed E-state index contributed by atoms with van der Waals surface area (Å²) in [5.74, 6) is 1.61. The quantitative estimate of drug-likeness (QED) is 0.904. The second kappa shape index (κ2) is 7.01. The average Bonchev–Trinajstić information content (AvgIpc) is 2.30. The van der Waals surface area contributed by atoms with Crippen LogP contribution in [0.25, 0.3) is 0 Å². The molecule has 1 fully saturated rings. The van der Waals surface area contributed by atoms with Crippen LogP contribution in [-0.2, 0) is 0 Å². The van der Waals surface area contributed by atoms with Gasteiger partial charge in [0.05, 0.1) is 0 Å². The molecule has 0 aromatic heterocycles. The molecule has 1 heterocycles. The monoisotopic (exact) mass is 269 g/mol. The molecule has 1 N–H and O–H groups in total. The number of piperidine rings is 1. The molecule has 1 aromatic rings. The molecule has 2 nitrogen and oxygen atoms in total. The molecule has 0 saturated carbocycles. The molecule has 18 heavy (non-hydrogen) atoms. The van der Waals surface area contributed by atoms with Crippen molar-refractivity contribution in [3.8, 4) is 5.75 Å². The topological polar surface area (TPSA) is 21.3 Å². The summed E-state index contributed by atoms with van der Waals surface area (Å²) in [4.78, 5) is 0. The van der Waals surface area contributed by atoms with Gasteiger partial charge in [0.25, 0.3) is 0 Å². The Labute approximate surface area is 117 Å². The summed E-state index contributed by atoms with van der Waals surface area (Å²) in [7, 11) is 0. The minimum absolute atomic E-state index is 0. The number of hydrogen-bond donors (Lipinski definition) is 1. The maximum Gasteiger partial charge on any atom is 0.123 e. The zero-order valence-electron chi connectivity index (χ0n) is 11.5. The van der Waals surface area contributed by atoms with Crippen molar-refractivity contribution in [1.82, 2.24) is 5.32 Å². The molecule has 0 spiro atoms. The van der Waals surface area contributed by atoms with Gasteiger partial charge in [-0.25, -0.2) is 0 Å². The van der Waals surface area contributed by atoms with Crippen molar-refractivity contribution >= 4 is 12.4 Å². The Bertz CT molecular complexity index is 373. The van der Waals surface area contributed by atoms with Gasteiger partial charge in [-0.3, -0.25) is 0 Å². The highest BCUT2D eigenvalue weighted by molar-refractivity contribution is 5.85. The van der Waals surface area contributed by atoms with E-state index in [1.165, 1.54) is 11.1 Å². The van der Waals surface area contributed by atoms with Crippen LogP contribution in [0.4, 0.5) is 0 Å². The predicted molar refractivity (Wildman–Crippen MR) is 79.0 cm³/mol. The van der Waals surface area contributed by atoms with Crippen LogP contribution in [0.15, 0.2) is 18.2 Å². The summed E-state index contributed by atoms with van der Waals surface area (Å²) < 4.78 is 6.19. The molecule has 2 rings (SSSR count). The molecule has 0 radical (unpaired) electrons. The molecule has 0 aliphatic carbocycles. The van der Waals surface area contributed by atoms with E-state index in [0.717, 1.165) is 31.7 Å². The van der Waals surface area contributed by atoms with Crippen LogP contribution in [0.5, 0.6) is 5.75 Å². The molecule has 0 atom stereocenters. The lowest BCUT2D eigenvalue weighted by atomic mass is 10.00. The average molecular weight is 270 g/mol. The zero-order valence-corrected chi connectivity index (χ0v) is 12.3. The normalized spacial score (nSPS) is 16.4. The van der Waals surface area contributed by atoms with Crippen LogP contribution in [0, 0.1) is 6.92 Å². The van der Waals surface area contributed by atoms with Crippen LogP contribution >= 0.6 is 12.4 Å². The number of aryl methyl sites for hydroxylation is 1. The first kappa shape index (κ1) is 15.3. The fourth-order valence-corrected chi connectivity index (χ4v) is 2.31. The van der Waals surface area contributed by atoms with Crippen molar-refractivity contribution < 1.29 is 4.74 Å². The van der Waals surface area contributed by atoms with Gasteiger partial charge in [-0.15, -0.1) is 12.4 Å². The van der Waals surface area contributed by atoms with Gasteiger partial charge in [0.2, 0.25) is 0 Å². The largest absolute Gasteiger partial charge is 0.490 e. The van der Waals surface area contributed by atoms with E-state index in [9.17, 15) is 0 Å². The number of hydrogen-bond acceptors (Lipinski definition) is 2. The fraction of sp³-hybridized carbons (Fsp3) is 0.600. The maximum atomic E-state index is 6.19. The number of nitrogens with one attached hydrogen (secondary N) is 1. The van der Waals surface area contributed by atoms with Crippen molar-refractivity contribution in [3.05, 3.63) is 29.3 Å². The van der Waals surface area contributed by atoms with E-state index < -0.39 is 0 Å². The Balaban J connectivity index is 0.00000162. The van der Waals surface area contributed by atoms with E-state index >= 15 is 0 Å². The minimum Gasteiger partial charge on any atom is -0.490 e. The number of halogens is 1. The van der Waals surface area contributed by atoms with Crippen molar-refractivity contribution in [2.75, 3.05) is 13.1 Å². The third-order valence-electron chi connectivity index (χ3n) is 3.37. The smallest absolute Gasteiger partial charge is 0.123 e. The van der Waals surface area contributed by atoms with Crippen LogP contribution in [-0.4, -0.2) is 19.2 Å². The fourth-order valence-electron chi connectivity index (χ4n) is 2.31. The molecule has 0 amide bonds. The number of rotatable bonds is 3. The summed E-state index contributed by atoms with van der Waals surface area (Å²) in [6.45, 7) is 8.72. The second-order valence-corrected chi connectivity index (χ2v) is 5.26. The summed E-state index contributed by atoms with van der Waals surface area (Å²) >= 11 is 0. The molecule has 3 heteroatoms. The Kier molecular flexibility index (Phi) is 5.97. The van der Waals surface area contributed by atoms with Gasteiger partial charge >= 0.3 is 0 Å². The van der Waals surface area contributed by atoms with Crippen LogP contribution in [0.1, 0.15) is 43.7 Å². The molecule has 0 unspecified atom stereocenters. The van der Waals surface area contributed by atoms with Gasteiger partial charge in [0, 0.05) is 0 Å². The van der Waals surface area contributed by atoms with Gasteiger partial charge in [0.15, 0.2) is 0 Å². The molecular formula is C15H24ClNO. The van der Waals surface area contributed by atoms with E-state index in [-0.39, 0.29) is 12.4 Å². The highest BCUT2D eigenvalue weighted by Gasteiger charge is 2.17. The zero-order chi connectivity index (χ0) is 12.3. The summed E-state index contributed by atoms with van der Waals surface area (Å²) in [5, 5.41) is 3.37. The lowest BCUT2D eigenvalue weighted by Crippen LogP contribution is -2.34. The molecule has 1 aromatic carbocycles. The van der Waals surface area contributed by atoms with E-state index in [1.54, 1.807) is 0 Å². The van der Waals surface area contributed by atoms with Crippen LogP contribution in [0.3, 0.4) is 0 Å². The van der Waals surface area contributed by atoms with Gasteiger partial charge < -0.3 is 10.1 Å². The highest BCUT2D eigenvalue weighted by Crippen LogP contribution is 2.29. The van der Waals surface area contributed by atoms with Crippen LogP contribution in [0.2, 0.25) is 0 Å². The number of benzene rings is 1. The van der Waals surface area contributed by atoms with Crippen molar-refractivity contribution in [2.45, 2.75) is 45.6 Å². The van der Waals surface area contributed by atoms with Gasteiger partial charge in [0.1, 0.15) is 11.9 Å². The van der Waals surface area contributed by atoms with Gasteiger partial charge in [-0.2, -0.15) is 0 Å². The van der Waals surface area contributed by atoms with Crippen molar-refractivity contribution in [1.29, 1.82) is 0 Å².